The number of hydrogen-bond acceptors (Lipinski definition) is 4. The number of carbonyl (C=O) groups excluding carboxylic acids is 1. The molecular weight excluding hydrogens is 373 g/mol. The summed E-state index contributed by atoms with van der Waals surface area (Å²) in [6.45, 7) is 3.16. The molecule has 0 bridgehead atoms. The molecule has 2 saturated heterocycles. The molecule has 1 aromatic carbocycles. The highest BCUT2D eigenvalue weighted by atomic mass is 35.5. The predicted octanol–water partition coefficient (Wildman–Crippen LogP) is 1.06. The van der Waals surface area contributed by atoms with Crippen LogP contribution in [0.4, 0.5) is 0 Å². The first-order valence-corrected chi connectivity index (χ1v) is 9.40. The molecule has 3 rings (SSSR count). The fraction of sp³-hybridized carbons (Fsp3) is 0.533. The fourth-order valence-electron chi connectivity index (χ4n) is 3.22. The summed E-state index contributed by atoms with van der Waals surface area (Å²) in [7, 11) is -2.25. The topological polar surface area (TPSA) is 69.7 Å². The Morgan fingerprint density at radius 3 is 2.33 bits per heavy atom. The van der Waals surface area contributed by atoms with Crippen LogP contribution < -0.4 is 5.32 Å². The van der Waals surface area contributed by atoms with Crippen LogP contribution in [0.1, 0.15) is 0 Å². The van der Waals surface area contributed by atoms with Crippen LogP contribution in [0.3, 0.4) is 0 Å². The van der Waals surface area contributed by atoms with Gasteiger partial charge in [-0.15, -0.1) is 12.4 Å². The first-order chi connectivity index (χ1) is 10.9. The largest absolute Gasteiger partial charge is 0.341 e. The molecule has 0 aliphatic carbocycles. The van der Waals surface area contributed by atoms with E-state index in [4.69, 9.17) is 11.6 Å². The summed E-state index contributed by atoms with van der Waals surface area (Å²) in [6.07, 6.45) is 0. The normalized spacial score (nSPS) is 23.2. The van der Waals surface area contributed by atoms with Gasteiger partial charge in [0, 0.05) is 38.2 Å². The molecule has 134 valence electrons. The zero-order valence-corrected chi connectivity index (χ0v) is 15.7. The van der Waals surface area contributed by atoms with E-state index in [1.54, 1.807) is 4.90 Å². The fourth-order valence-corrected chi connectivity index (χ4v) is 4.47. The van der Waals surface area contributed by atoms with Gasteiger partial charge in [-0.25, -0.2) is 8.42 Å². The minimum Gasteiger partial charge on any atom is -0.341 e. The standard InChI is InChI=1S/C15H20ClN3O3S.ClH/c1-18(23(21,22)14-4-2-13(16)3-5-14)10-15(20)19-8-11-6-17-7-12(11)9-19;/h2-5,11-12,17H,6-10H2,1H3;1H/t11-,12+;. The van der Waals surface area contributed by atoms with Crippen LogP contribution in [0.15, 0.2) is 29.2 Å². The number of rotatable bonds is 4. The SMILES string of the molecule is CN(CC(=O)N1C[C@H]2CNC[C@H]2C1)S(=O)(=O)c1ccc(Cl)cc1.Cl. The maximum atomic E-state index is 12.5. The van der Waals surface area contributed by atoms with E-state index < -0.39 is 10.0 Å². The van der Waals surface area contributed by atoms with Crippen molar-refractivity contribution in [3.05, 3.63) is 29.3 Å². The van der Waals surface area contributed by atoms with Crippen molar-refractivity contribution in [3.8, 4) is 0 Å². The van der Waals surface area contributed by atoms with Crippen molar-refractivity contribution in [2.24, 2.45) is 11.8 Å². The Morgan fingerprint density at radius 1 is 1.25 bits per heavy atom. The highest BCUT2D eigenvalue weighted by Gasteiger charge is 2.38. The molecule has 2 fully saturated rings. The molecular formula is C15H21Cl2N3O3S. The number of sulfonamides is 1. The van der Waals surface area contributed by atoms with Gasteiger partial charge in [-0.05, 0) is 36.1 Å². The van der Waals surface area contributed by atoms with Crippen LogP contribution in [0.5, 0.6) is 0 Å². The van der Waals surface area contributed by atoms with Gasteiger partial charge in [0.15, 0.2) is 0 Å². The molecule has 6 nitrogen and oxygen atoms in total. The van der Waals surface area contributed by atoms with Gasteiger partial charge in [0.2, 0.25) is 15.9 Å². The van der Waals surface area contributed by atoms with E-state index in [9.17, 15) is 13.2 Å². The highest BCUT2D eigenvalue weighted by Crippen LogP contribution is 2.26. The third-order valence-electron chi connectivity index (χ3n) is 4.62. The average Bonchev–Trinajstić information content (AvgIpc) is 3.08. The van der Waals surface area contributed by atoms with Crippen LogP contribution >= 0.6 is 24.0 Å². The van der Waals surface area contributed by atoms with E-state index in [2.05, 4.69) is 5.32 Å². The predicted molar refractivity (Wildman–Crippen MR) is 94.9 cm³/mol. The van der Waals surface area contributed by atoms with E-state index >= 15 is 0 Å². The molecule has 1 amide bonds. The van der Waals surface area contributed by atoms with E-state index in [0.717, 1.165) is 17.4 Å². The maximum absolute atomic E-state index is 12.5. The molecule has 2 aliphatic heterocycles. The van der Waals surface area contributed by atoms with Gasteiger partial charge in [0.25, 0.3) is 0 Å². The lowest BCUT2D eigenvalue weighted by molar-refractivity contribution is -0.130. The van der Waals surface area contributed by atoms with Crippen LogP contribution in [-0.4, -0.2) is 63.3 Å². The van der Waals surface area contributed by atoms with Gasteiger partial charge >= 0.3 is 0 Å². The van der Waals surface area contributed by atoms with Gasteiger partial charge in [-0.1, -0.05) is 11.6 Å². The monoisotopic (exact) mass is 393 g/mol. The lowest BCUT2D eigenvalue weighted by atomic mass is 10.0. The maximum Gasteiger partial charge on any atom is 0.243 e. The number of likely N-dealkylation sites (tertiary alicyclic amines) is 1. The number of hydrogen-bond donors (Lipinski definition) is 1. The Hall–Kier alpha value is -0.860. The number of halogens is 2. The van der Waals surface area contributed by atoms with Gasteiger partial charge in [-0.2, -0.15) is 4.31 Å². The van der Waals surface area contributed by atoms with Crippen LogP contribution in [0, 0.1) is 11.8 Å². The third kappa shape index (κ3) is 3.86. The molecule has 2 heterocycles. The Balaban J connectivity index is 0.00000208. The zero-order chi connectivity index (χ0) is 16.6. The Morgan fingerprint density at radius 2 is 1.79 bits per heavy atom. The van der Waals surface area contributed by atoms with Crippen molar-refractivity contribution < 1.29 is 13.2 Å². The quantitative estimate of drug-likeness (QED) is 0.829. The van der Waals surface area contributed by atoms with E-state index in [1.807, 2.05) is 0 Å². The second kappa shape index (κ2) is 7.58. The Labute approximate surface area is 153 Å². The summed E-state index contributed by atoms with van der Waals surface area (Å²) in [5, 5.41) is 3.79. The molecule has 0 spiro atoms. The van der Waals surface area contributed by atoms with Gasteiger partial charge in [0.1, 0.15) is 0 Å². The summed E-state index contributed by atoms with van der Waals surface area (Å²) in [4.78, 5) is 14.3. The summed E-state index contributed by atoms with van der Waals surface area (Å²) in [5.41, 5.74) is 0. The Bertz CT molecular complexity index is 684. The number of carbonyl (C=O) groups is 1. The molecule has 0 aromatic heterocycles. The van der Waals surface area contributed by atoms with Crippen molar-refractivity contribution in [3.63, 3.8) is 0 Å². The van der Waals surface area contributed by atoms with E-state index in [1.165, 1.54) is 31.3 Å². The number of likely N-dealkylation sites (N-methyl/N-ethyl adjacent to an activating group) is 1. The molecule has 2 atom stereocenters. The molecule has 0 radical (unpaired) electrons. The van der Waals surface area contributed by atoms with Crippen molar-refractivity contribution in [2.75, 3.05) is 39.8 Å². The van der Waals surface area contributed by atoms with Gasteiger partial charge in [0.05, 0.1) is 11.4 Å². The number of fused-ring (bicyclic) bond motifs is 1. The molecule has 1 N–H and O–H groups in total. The highest BCUT2D eigenvalue weighted by molar-refractivity contribution is 7.89. The second-order valence-electron chi connectivity index (χ2n) is 6.19. The summed E-state index contributed by atoms with van der Waals surface area (Å²) < 4.78 is 26.1. The van der Waals surface area contributed by atoms with Crippen molar-refractivity contribution >= 4 is 39.9 Å². The smallest absolute Gasteiger partial charge is 0.243 e. The first-order valence-electron chi connectivity index (χ1n) is 7.58. The average molecular weight is 394 g/mol. The first kappa shape index (κ1) is 19.5. The minimum atomic E-state index is -3.68. The molecule has 2 aliphatic rings. The molecule has 9 heteroatoms. The lowest BCUT2D eigenvalue weighted by Crippen LogP contribution is -2.41. The van der Waals surface area contributed by atoms with Crippen molar-refractivity contribution in [1.82, 2.24) is 14.5 Å². The third-order valence-corrected chi connectivity index (χ3v) is 6.69. The molecule has 24 heavy (non-hydrogen) atoms. The van der Waals surface area contributed by atoms with Gasteiger partial charge < -0.3 is 10.2 Å². The lowest BCUT2D eigenvalue weighted by Gasteiger charge is -2.22. The summed E-state index contributed by atoms with van der Waals surface area (Å²) in [5.74, 6) is 0.855. The van der Waals surface area contributed by atoms with Crippen LogP contribution in [0.25, 0.3) is 0 Å². The van der Waals surface area contributed by atoms with Gasteiger partial charge in [-0.3, -0.25) is 4.79 Å². The van der Waals surface area contributed by atoms with Crippen molar-refractivity contribution in [2.45, 2.75) is 4.90 Å². The number of nitrogens with one attached hydrogen (secondary N) is 1. The summed E-state index contributed by atoms with van der Waals surface area (Å²) >= 11 is 5.78. The number of amides is 1. The molecule has 0 saturated carbocycles. The molecule has 1 aromatic rings. The Kier molecular flexibility index (Phi) is 6.14. The van der Waals surface area contributed by atoms with Crippen molar-refractivity contribution in [1.29, 1.82) is 0 Å². The second-order valence-corrected chi connectivity index (χ2v) is 8.67. The van der Waals surface area contributed by atoms with Crippen LogP contribution in [-0.2, 0) is 14.8 Å². The minimum absolute atomic E-state index is 0. The summed E-state index contributed by atoms with van der Waals surface area (Å²) in [6, 6.07) is 5.95. The van der Waals surface area contributed by atoms with Crippen LogP contribution in [0.2, 0.25) is 5.02 Å². The number of benzene rings is 1. The zero-order valence-electron chi connectivity index (χ0n) is 13.3. The molecule has 0 unspecified atom stereocenters. The van der Waals surface area contributed by atoms with E-state index in [0.29, 0.717) is 29.9 Å². The number of nitrogens with zero attached hydrogens (tertiary/aromatic N) is 2. The van der Waals surface area contributed by atoms with E-state index in [-0.39, 0.29) is 29.8 Å².